The molecule has 188 valence electrons. The number of thioether (sulfide) groups is 1. The summed E-state index contributed by atoms with van der Waals surface area (Å²) in [7, 11) is -2.29. The van der Waals surface area contributed by atoms with Crippen LogP contribution in [-0.4, -0.2) is 30.3 Å². The molecule has 0 aliphatic carbocycles. The van der Waals surface area contributed by atoms with Crippen molar-refractivity contribution in [2.45, 2.75) is 42.6 Å². The molecule has 4 rings (SSSR count). The molecule has 0 amide bonds. The molecule has 0 fully saturated rings. The van der Waals surface area contributed by atoms with Gasteiger partial charge in [-0.15, -0.1) is 10.2 Å². The Morgan fingerprint density at radius 3 is 2.50 bits per heavy atom. The van der Waals surface area contributed by atoms with Gasteiger partial charge in [0.25, 0.3) is 0 Å². The van der Waals surface area contributed by atoms with Gasteiger partial charge < -0.3 is 4.74 Å². The van der Waals surface area contributed by atoms with Gasteiger partial charge in [0.1, 0.15) is 5.75 Å². The smallest absolute Gasteiger partial charge is 0.241 e. The number of nitrogens with one attached hydrogen (secondary N) is 1. The second kappa shape index (κ2) is 11.0. The van der Waals surface area contributed by atoms with Gasteiger partial charge in [0.15, 0.2) is 11.0 Å². The van der Waals surface area contributed by atoms with Crippen molar-refractivity contribution >= 4 is 33.4 Å². The van der Waals surface area contributed by atoms with Gasteiger partial charge in [-0.25, -0.2) is 13.1 Å². The highest BCUT2D eigenvalue weighted by Crippen LogP contribution is 2.31. The number of halogens is 1. The van der Waals surface area contributed by atoms with E-state index in [1.807, 2.05) is 35.8 Å². The summed E-state index contributed by atoms with van der Waals surface area (Å²) in [5, 5.41) is 10.0. The van der Waals surface area contributed by atoms with Crippen LogP contribution in [0.3, 0.4) is 0 Å². The number of methoxy groups -OCH3 is 1. The van der Waals surface area contributed by atoms with Crippen LogP contribution in [0, 0.1) is 13.8 Å². The predicted octanol–water partition coefficient (Wildman–Crippen LogP) is 5.88. The first-order valence-electron chi connectivity index (χ1n) is 11.2. The third-order valence-electron chi connectivity index (χ3n) is 5.61. The molecule has 1 aromatic heterocycles. The minimum absolute atomic E-state index is 0.134. The summed E-state index contributed by atoms with van der Waals surface area (Å²) in [6.45, 7) is 5.77. The maximum Gasteiger partial charge on any atom is 0.241 e. The molecule has 1 atom stereocenters. The molecule has 0 aliphatic rings. The molecule has 0 saturated heterocycles. The molecule has 0 saturated carbocycles. The number of sulfonamides is 1. The molecule has 1 unspecified atom stereocenters. The molecule has 1 heterocycles. The van der Waals surface area contributed by atoms with E-state index in [1.54, 1.807) is 19.1 Å². The number of ether oxygens (including phenoxy) is 1. The zero-order valence-electron chi connectivity index (χ0n) is 20.4. The zero-order valence-corrected chi connectivity index (χ0v) is 22.8. The van der Waals surface area contributed by atoms with Gasteiger partial charge in [0.2, 0.25) is 10.0 Å². The third-order valence-corrected chi connectivity index (χ3v) is 8.40. The topological polar surface area (TPSA) is 86.1 Å². The summed E-state index contributed by atoms with van der Waals surface area (Å²) in [5.74, 6) is 1.73. The van der Waals surface area contributed by atoms with E-state index >= 15 is 0 Å². The van der Waals surface area contributed by atoms with E-state index in [-0.39, 0.29) is 4.90 Å². The van der Waals surface area contributed by atoms with Gasteiger partial charge in [-0.1, -0.05) is 59.3 Å². The molecule has 0 bridgehead atoms. The fourth-order valence-electron chi connectivity index (χ4n) is 3.76. The summed E-state index contributed by atoms with van der Waals surface area (Å²) in [6.07, 6.45) is 0. The molecule has 4 aromatic rings. The Hall–Kier alpha value is -2.85. The molecule has 0 spiro atoms. The van der Waals surface area contributed by atoms with Crippen molar-refractivity contribution in [3.05, 3.63) is 94.3 Å². The molecule has 0 radical (unpaired) electrons. The summed E-state index contributed by atoms with van der Waals surface area (Å²) >= 11 is 7.87. The van der Waals surface area contributed by atoms with Crippen LogP contribution in [0.25, 0.3) is 5.69 Å². The first-order chi connectivity index (χ1) is 17.2. The number of aryl methyl sites for hydroxylation is 2. The highest BCUT2D eigenvalue weighted by molar-refractivity contribution is 7.98. The average molecular weight is 543 g/mol. The summed E-state index contributed by atoms with van der Waals surface area (Å²) in [6, 6.07) is 19.4. The highest BCUT2D eigenvalue weighted by Gasteiger charge is 2.25. The Morgan fingerprint density at radius 2 is 1.81 bits per heavy atom. The van der Waals surface area contributed by atoms with Gasteiger partial charge in [0, 0.05) is 10.8 Å². The van der Waals surface area contributed by atoms with E-state index in [0.717, 1.165) is 16.8 Å². The highest BCUT2D eigenvalue weighted by atomic mass is 35.5. The first kappa shape index (κ1) is 26.2. The van der Waals surface area contributed by atoms with Crippen LogP contribution < -0.4 is 9.46 Å². The SMILES string of the molecule is COc1ccc(S(=O)(=O)NC(C)c2nnc(SCc3cccc(C)c3)n2-c2cc(Cl)ccc2C)cc1. The van der Waals surface area contributed by atoms with Crippen LogP contribution in [0.5, 0.6) is 5.75 Å². The molecule has 0 aliphatic heterocycles. The van der Waals surface area contributed by atoms with E-state index in [0.29, 0.717) is 27.5 Å². The largest absolute Gasteiger partial charge is 0.497 e. The number of nitrogens with zero attached hydrogens (tertiary/aromatic N) is 3. The summed E-state index contributed by atoms with van der Waals surface area (Å²) < 4.78 is 35.9. The van der Waals surface area contributed by atoms with Gasteiger partial charge in [0.05, 0.1) is 23.7 Å². The molecule has 36 heavy (non-hydrogen) atoms. The zero-order chi connectivity index (χ0) is 25.9. The molecule has 7 nitrogen and oxygen atoms in total. The van der Waals surface area contributed by atoms with Gasteiger partial charge in [-0.3, -0.25) is 4.57 Å². The number of rotatable bonds is 9. The van der Waals surface area contributed by atoms with E-state index in [9.17, 15) is 8.42 Å². The van der Waals surface area contributed by atoms with Gasteiger partial charge in [-0.2, -0.15) is 0 Å². The van der Waals surface area contributed by atoms with Crippen LogP contribution >= 0.6 is 23.4 Å². The Kier molecular flexibility index (Phi) is 8.04. The maximum absolute atomic E-state index is 13.1. The van der Waals surface area contributed by atoms with Crippen molar-refractivity contribution in [2.75, 3.05) is 7.11 Å². The monoisotopic (exact) mass is 542 g/mol. The fourth-order valence-corrected chi connectivity index (χ4v) is 6.03. The van der Waals surface area contributed by atoms with Gasteiger partial charge >= 0.3 is 0 Å². The third kappa shape index (κ3) is 5.92. The number of benzene rings is 3. The summed E-state index contributed by atoms with van der Waals surface area (Å²) in [5.41, 5.74) is 4.10. The lowest BCUT2D eigenvalue weighted by molar-refractivity contribution is 0.414. The quantitative estimate of drug-likeness (QED) is 0.266. The molecule has 1 N–H and O–H groups in total. The molecular weight excluding hydrogens is 516 g/mol. The van der Waals surface area contributed by atoms with Crippen molar-refractivity contribution in [3.63, 3.8) is 0 Å². The molecular formula is C26H27ClN4O3S2. The van der Waals surface area contributed by atoms with Crippen LogP contribution in [-0.2, 0) is 15.8 Å². The lowest BCUT2D eigenvalue weighted by atomic mass is 10.2. The second-order valence-corrected chi connectivity index (χ2v) is 11.5. The Bertz CT molecular complexity index is 1470. The second-order valence-electron chi connectivity index (χ2n) is 8.40. The minimum atomic E-state index is -3.82. The van der Waals surface area contributed by atoms with Crippen LogP contribution in [0.4, 0.5) is 0 Å². The van der Waals surface area contributed by atoms with Crippen molar-refractivity contribution in [1.29, 1.82) is 0 Å². The number of aromatic nitrogens is 3. The molecule has 10 heteroatoms. The number of hydrogen-bond donors (Lipinski definition) is 1. The van der Waals surface area contributed by atoms with Crippen molar-refractivity contribution < 1.29 is 13.2 Å². The normalized spacial score (nSPS) is 12.5. The molecule has 3 aromatic carbocycles. The van der Waals surface area contributed by atoms with E-state index < -0.39 is 16.1 Å². The van der Waals surface area contributed by atoms with Crippen molar-refractivity contribution in [3.8, 4) is 11.4 Å². The van der Waals surface area contributed by atoms with E-state index in [1.165, 1.54) is 36.6 Å². The lowest BCUT2D eigenvalue weighted by Gasteiger charge is -2.18. The maximum atomic E-state index is 13.1. The van der Waals surface area contributed by atoms with Crippen molar-refractivity contribution in [1.82, 2.24) is 19.5 Å². The predicted molar refractivity (Wildman–Crippen MR) is 144 cm³/mol. The summed E-state index contributed by atoms with van der Waals surface area (Å²) in [4.78, 5) is 0.134. The first-order valence-corrected chi connectivity index (χ1v) is 14.1. The van der Waals surface area contributed by atoms with Crippen molar-refractivity contribution in [2.24, 2.45) is 0 Å². The van der Waals surface area contributed by atoms with Crippen LogP contribution in [0.15, 0.2) is 76.8 Å². The van der Waals surface area contributed by atoms with Crippen LogP contribution in [0.2, 0.25) is 5.02 Å². The number of hydrogen-bond acceptors (Lipinski definition) is 6. The Labute approximate surface area is 220 Å². The Balaban J connectivity index is 1.69. The van der Waals surface area contributed by atoms with Crippen LogP contribution in [0.1, 0.15) is 35.5 Å². The fraction of sp³-hybridized carbons (Fsp3) is 0.231. The Morgan fingerprint density at radius 1 is 1.06 bits per heavy atom. The lowest BCUT2D eigenvalue weighted by Crippen LogP contribution is -2.29. The minimum Gasteiger partial charge on any atom is -0.497 e. The average Bonchev–Trinajstić information content (AvgIpc) is 3.28. The van der Waals surface area contributed by atoms with E-state index in [4.69, 9.17) is 16.3 Å². The standard InChI is InChI=1S/C26H27ClN4O3S2/c1-17-6-5-7-20(14-17)16-35-26-29-28-25(31(26)24-15-21(27)9-8-18(24)2)19(3)30-36(32,33)23-12-10-22(34-4)11-13-23/h5-15,19,30H,16H2,1-4H3. The van der Waals surface area contributed by atoms with Gasteiger partial charge in [-0.05, 0) is 68.3 Å². The van der Waals surface area contributed by atoms with E-state index in [2.05, 4.69) is 40.0 Å².